The van der Waals surface area contributed by atoms with Gasteiger partial charge >= 0.3 is 0 Å². The van der Waals surface area contributed by atoms with Crippen molar-refractivity contribution in [1.82, 2.24) is 9.78 Å². The van der Waals surface area contributed by atoms with Crippen LogP contribution in [0.1, 0.15) is 42.3 Å². The van der Waals surface area contributed by atoms with Gasteiger partial charge in [0.2, 0.25) is 0 Å². The summed E-state index contributed by atoms with van der Waals surface area (Å²) in [6.45, 7) is 9.54. The molecule has 2 aromatic rings. The van der Waals surface area contributed by atoms with Crippen LogP contribution in [0.3, 0.4) is 0 Å². The van der Waals surface area contributed by atoms with Gasteiger partial charge in [0.25, 0.3) is 5.91 Å². The number of sulfone groups is 1. The summed E-state index contributed by atoms with van der Waals surface area (Å²) in [6.07, 6.45) is 2.75. The van der Waals surface area contributed by atoms with E-state index in [1.165, 1.54) is 6.07 Å². The van der Waals surface area contributed by atoms with Gasteiger partial charge in [0, 0.05) is 17.9 Å². The van der Waals surface area contributed by atoms with Gasteiger partial charge in [-0.15, -0.1) is 0 Å². The highest BCUT2D eigenvalue weighted by atomic mass is 32.2. The van der Waals surface area contributed by atoms with E-state index in [1.54, 1.807) is 36.9 Å². The molecule has 0 aliphatic rings. The van der Waals surface area contributed by atoms with E-state index in [0.29, 0.717) is 11.4 Å². The fourth-order valence-electron chi connectivity index (χ4n) is 2.39. The maximum atomic E-state index is 12.7. The number of aromatic nitrogens is 2. The lowest BCUT2D eigenvalue weighted by molar-refractivity contribution is 0.102. The molecule has 1 aromatic heterocycles. The van der Waals surface area contributed by atoms with Crippen LogP contribution in [-0.2, 0) is 15.4 Å². The maximum absolute atomic E-state index is 12.7. The molecule has 0 aliphatic heterocycles. The maximum Gasteiger partial charge on any atom is 0.257 e. The van der Waals surface area contributed by atoms with E-state index in [0.717, 1.165) is 17.4 Å². The zero-order valence-electron chi connectivity index (χ0n) is 14.8. The fourth-order valence-corrected chi connectivity index (χ4v) is 3.12. The van der Waals surface area contributed by atoms with E-state index in [2.05, 4.69) is 10.4 Å². The average molecular weight is 349 g/mol. The van der Waals surface area contributed by atoms with Gasteiger partial charge in [0.15, 0.2) is 9.84 Å². The minimum Gasteiger partial charge on any atom is -0.307 e. The zero-order chi connectivity index (χ0) is 18.3. The van der Waals surface area contributed by atoms with Gasteiger partial charge in [-0.05, 0) is 57.9 Å². The molecule has 2 rings (SSSR count). The first kappa shape index (κ1) is 18.2. The Labute approximate surface area is 142 Å². The van der Waals surface area contributed by atoms with E-state index in [4.69, 9.17) is 0 Å². The van der Waals surface area contributed by atoms with Gasteiger partial charge in [0.1, 0.15) is 5.82 Å². The number of hydrogen-bond donors (Lipinski definition) is 1. The average Bonchev–Trinajstić information content (AvgIpc) is 2.88. The summed E-state index contributed by atoms with van der Waals surface area (Å²) in [5.41, 5.74) is 1.57. The lowest BCUT2D eigenvalue weighted by atomic mass is 10.0. The summed E-state index contributed by atoms with van der Waals surface area (Å²) in [4.78, 5) is 12.8. The third-order valence-electron chi connectivity index (χ3n) is 3.83. The second-order valence-corrected chi connectivity index (χ2v) is 8.95. The molecule has 130 valence electrons. The number of nitrogens with zero attached hydrogens (tertiary/aromatic N) is 2. The van der Waals surface area contributed by atoms with Gasteiger partial charge in [0.05, 0.1) is 16.6 Å². The Morgan fingerprint density at radius 1 is 1.21 bits per heavy atom. The predicted octanol–water partition coefficient (Wildman–Crippen LogP) is 2.91. The first-order chi connectivity index (χ1) is 10.9. The molecule has 6 nitrogen and oxygen atoms in total. The molecule has 0 saturated carbocycles. The number of amides is 1. The molecule has 0 aliphatic carbocycles. The van der Waals surface area contributed by atoms with Crippen molar-refractivity contribution in [3.8, 4) is 0 Å². The van der Waals surface area contributed by atoms with Crippen molar-refractivity contribution in [2.45, 2.75) is 45.1 Å². The van der Waals surface area contributed by atoms with E-state index in [1.807, 2.05) is 20.8 Å². The second-order valence-electron chi connectivity index (χ2n) is 6.94. The van der Waals surface area contributed by atoms with Crippen molar-refractivity contribution in [1.29, 1.82) is 0 Å². The molecule has 0 atom stereocenters. The number of carbonyl (C=O) groups is 1. The second kappa shape index (κ2) is 6.05. The Kier molecular flexibility index (Phi) is 4.59. The number of carbonyl (C=O) groups excluding carboxylic acids is 1. The van der Waals surface area contributed by atoms with Gasteiger partial charge < -0.3 is 5.32 Å². The lowest BCUT2D eigenvalue weighted by Gasteiger charge is -2.22. The molecule has 0 radical (unpaired) electrons. The van der Waals surface area contributed by atoms with E-state index < -0.39 is 9.84 Å². The van der Waals surface area contributed by atoms with Crippen LogP contribution in [0.25, 0.3) is 0 Å². The van der Waals surface area contributed by atoms with Crippen LogP contribution < -0.4 is 5.32 Å². The summed E-state index contributed by atoms with van der Waals surface area (Å²) in [7, 11) is -3.39. The number of rotatable bonds is 3. The summed E-state index contributed by atoms with van der Waals surface area (Å²) in [6, 6.07) is 4.72. The lowest BCUT2D eigenvalue weighted by Crippen LogP contribution is -2.27. The monoisotopic (exact) mass is 349 g/mol. The minimum atomic E-state index is -3.39. The Morgan fingerprint density at radius 2 is 1.83 bits per heavy atom. The van der Waals surface area contributed by atoms with Gasteiger partial charge in [-0.2, -0.15) is 5.10 Å². The molecule has 0 saturated heterocycles. The van der Waals surface area contributed by atoms with Gasteiger partial charge in [-0.3, -0.25) is 4.79 Å². The summed E-state index contributed by atoms with van der Waals surface area (Å²) >= 11 is 0. The molecule has 0 spiro atoms. The molecule has 0 fully saturated rings. The van der Waals surface area contributed by atoms with E-state index in [9.17, 15) is 13.2 Å². The van der Waals surface area contributed by atoms with Crippen LogP contribution in [0.5, 0.6) is 0 Å². The number of hydrogen-bond acceptors (Lipinski definition) is 4. The molecule has 0 unspecified atom stereocenters. The van der Waals surface area contributed by atoms with E-state index in [-0.39, 0.29) is 16.3 Å². The van der Waals surface area contributed by atoms with Crippen LogP contribution in [-0.4, -0.2) is 30.4 Å². The van der Waals surface area contributed by atoms with Crippen molar-refractivity contribution in [2.75, 3.05) is 11.6 Å². The SMILES string of the molecule is Cc1cc(S(C)(=O)=O)cc(C(=O)Nc2ccnn2C(C)(C)C)c1C. The molecule has 1 aromatic carbocycles. The van der Waals surface area contributed by atoms with Crippen LogP contribution in [0.15, 0.2) is 29.3 Å². The molecule has 24 heavy (non-hydrogen) atoms. The largest absolute Gasteiger partial charge is 0.307 e. The predicted molar refractivity (Wildman–Crippen MR) is 94.2 cm³/mol. The Balaban J connectivity index is 2.45. The smallest absolute Gasteiger partial charge is 0.257 e. The number of aryl methyl sites for hydroxylation is 1. The number of anilines is 1. The van der Waals surface area contributed by atoms with Crippen molar-refractivity contribution >= 4 is 21.6 Å². The standard InChI is InChI=1S/C17H23N3O3S/c1-11-9-13(24(6,22)23)10-14(12(11)2)16(21)19-15-7-8-18-20(15)17(3,4)5/h7-10H,1-6H3,(H,19,21). The van der Waals surface area contributed by atoms with Crippen LogP contribution in [0.4, 0.5) is 5.82 Å². The third kappa shape index (κ3) is 3.67. The van der Waals surface area contributed by atoms with Crippen molar-refractivity contribution in [3.05, 3.63) is 41.1 Å². The fraction of sp³-hybridized carbons (Fsp3) is 0.412. The Bertz CT molecular complexity index is 890. The van der Waals surface area contributed by atoms with Crippen molar-refractivity contribution in [2.24, 2.45) is 0 Å². The molecular formula is C17H23N3O3S. The Morgan fingerprint density at radius 3 is 2.38 bits per heavy atom. The summed E-state index contributed by atoms with van der Waals surface area (Å²) in [5, 5.41) is 7.06. The number of benzene rings is 1. The van der Waals surface area contributed by atoms with E-state index >= 15 is 0 Å². The van der Waals surface area contributed by atoms with Gasteiger partial charge in [-0.1, -0.05) is 0 Å². The van der Waals surface area contributed by atoms with Crippen LogP contribution >= 0.6 is 0 Å². The molecule has 0 bridgehead atoms. The molecule has 1 N–H and O–H groups in total. The summed E-state index contributed by atoms with van der Waals surface area (Å²) < 4.78 is 25.4. The molecule has 1 amide bonds. The summed E-state index contributed by atoms with van der Waals surface area (Å²) in [5.74, 6) is 0.210. The normalized spacial score (nSPS) is 12.2. The van der Waals surface area contributed by atoms with Crippen molar-refractivity contribution in [3.63, 3.8) is 0 Å². The van der Waals surface area contributed by atoms with Gasteiger partial charge in [-0.25, -0.2) is 13.1 Å². The Hall–Kier alpha value is -2.15. The first-order valence-electron chi connectivity index (χ1n) is 7.58. The first-order valence-corrected chi connectivity index (χ1v) is 9.47. The molecule has 1 heterocycles. The molecule has 7 heteroatoms. The molecular weight excluding hydrogens is 326 g/mol. The zero-order valence-corrected chi connectivity index (χ0v) is 15.7. The number of nitrogens with one attached hydrogen (secondary N) is 1. The highest BCUT2D eigenvalue weighted by Gasteiger charge is 2.21. The minimum absolute atomic E-state index is 0.139. The van der Waals surface area contributed by atoms with Crippen molar-refractivity contribution < 1.29 is 13.2 Å². The van der Waals surface area contributed by atoms with Crippen LogP contribution in [0, 0.1) is 13.8 Å². The van der Waals surface area contributed by atoms with Crippen LogP contribution in [0.2, 0.25) is 0 Å². The highest BCUT2D eigenvalue weighted by molar-refractivity contribution is 7.90. The third-order valence-corrected chi connectivity index (χ3v) is 4.93. The topological polar surface area (TPSA) is 81.1 Å². The highest BCUT2D eigenvalue weighted by Crippen LogP contribution is 2.23. The quantitative estimate of drug-likeness (QED) is 0.924.